The molecular formula is C8H5BrFNS. The highest BCUT2D eigenvalue weighted by atomic mass is 79.9. The van der Waals surface area contributed by atoms with E-state index in [2.05, 4.69) is 38.3 Å². The number of hydrogen-bond acceptors (Lipinski definition) is 2. The van der Waals surface area contributed by atoms with Crippen LogP contribution >= 0.6 is 28.1 Å². The smallest absolute Gasteiger partial charge is 0.149 e. The molecule has 1 rings (SSSR count). The third-order valence-electron chi connectivity index (χ3n) is 1.39. The molecule has 0 aliphatic carbocycles. The molecule has 0 saturated carbocycles. The zero-order valence-electron chi connectivity index (χ0n) is 6.27. The van der Waals surface area contributed by atoms with Gasteiger partial charge in [-0.1, -0.05) is 15.9 Å². The minimum atomic E-state index is -0.381. The second-order valence-electron chi connectivity index (χ2n) is 2.26. The third-order valence-corrected chi connectivity index (χ3v) is 2.34. The Morgan fingerprint density at radius 1 is 1.58 bits per heavy atom. The summed E-state index contributed by atoms with van der Waals surface area (Å²) in [5.74, 6) is -0.381. The molecule has 1 aromatic rings. The summed E-state index contributed by atoms with van der Waals surface area (Å²) in [7, 11) is 0. The third kappa shape index (κ3) is 1.97. The Morgan fingerprint density at radius 2 is 2.25 bits per heavy atom. The van der Waals surface area contributed by atoms with Crippen LogP contribution in [0.15, 0.2) is 21.6 Å². The molecule has 0 atom stereocenters. The Morgan fingerprint density at radius 3 is 2.83 bits per heavy atom. The molecule has 0 saturated heterocycles. The van der Waals surface area contributed by atoms with Gasteiger partial charge in [-0.2, -0.15) is 4.99 Å². The number of halogens is 2. The Bertz CT molecular complexity index is 358. The van der Waals surface area contributed by atoms with Crippen molar-refractivity contribution >= 4 is 39.0 Å². The second kappa shape index (κ2) is 3.90. The lowest BCUT2D eigenvalue weighted by molar-refractivity contribution is 0.628. The number of nitrogens with zero attached hydrogens (tertiary/aromatic N) is 1. The maximum Gasteiger partial charge on any atom is 0.149 e. The summed E-state index contributed by atoms with van der Waals surface area (Å²) in [4.78, 5) is 3.57. The number of aliphatic imine (C=N–C) groups is 1. The predicted molar refractivity (Wildman–Crippen MR) is 53.5 cm³/mol. The molecule has 0 amide bonds. The Labute approximate surface area is 83.4 Å². The summed E-state index contributed by atoms with van der Waals surface area (Å²) in [6.45, 7) is 1.80. The van der Waals surface area contributed by atoms with Crippen molar-refractivity contribution in [2.75, 3.05) is 0 Å². The van der Waals surface area contributed by atoms with Crippen LogP contribution in [-0.2, 0) is 0 Å². The molecule has 4 heteroatoms. The first-order valence-electron chi connectivity index (χ1n) is 3.18. The molecule has 1 aromatic carbocycles. The van der Waals surface area contributed by atoms with Gasteiger partial charge < -0.3 is 0 Å². The maximum absolute atomic E-state index is 13.0. The van der Waals surface area contributed by atoms with Gasteiger partial charge in [-0.15, -0.1) is 0 Å². The fourth-order valence-electron chi connectivity index (χ4n) is 0.771. The normalized spacial score (nSPS) is 9.25. The van der Waals surface area contributed by atoms with Gasteiger partial charge in [0.25, 0.3) is 0 Å². The minimum Gasteiger partial charge on any atom is -0.205 e. The lowest BCUT2D eigenvalue weighted by Gasteiger charge is -1.99. The summed E-state index contributed by atoms with van der Waals surface area (Å²) >= 11 is 7.63. The fraction of sp³-hybridized carbons (Fsp3) is 0.125. The summed E-state index contributed by atoms with van der Waals surface area (Å²) < 4.78 is 13.8. The molecule has 1 nitrogen and oxygen atoms in total. The van der Waals surface area contributed by atoms with Crippen LogP contribution in [0.1, 0.15) is 5.56 Å². The highest BCUT2D eigenvalue weighted by molar-refractivity contribution is 9.10. The summed E-state index contributed by atoms with van der Waals surface area (Å²) in [6.07, 6.45) is 0. The van der Waals surface area contributed by atoms with Gasteiger partial charge >= 0.3 is 0 Å². The minimum absolute atomic E-state index is 0.211. The number of thiocarbonyl (C=S) groups is 1. The van der Waals surface area contributed by atoms with Crippen LogP contribution in [0.3, 0.4) is 0 Å². The van der Waals surface area contributed by atoms with E-state index in [-0.39, 0.29) is 11.5 Å². The van der Waals surface area contributed by atoms with Crippen LogP contribution in [0.5, 0.6) is 0 Å². The molecule has 0 aliphatic heterocycles. The van der Waals surface area contributed by atoms with E-state index in [4.69, 9.17) is 0 Å². The van der Waals surface area contributed by atoms with Crippen LogP contribution in [0.25, 0.3) is 0 Å². The van der Waals surface area contributed by atoms with Gasteiger partial charge in [-0.05, 0) is 36.8 Å². The van der Waals surface area contributed by atoms with Crippen molar-refractivity contribution in [2.24, 2.45) is 4.99 Å². The van der Waals surface area contributed by atoms with Crippen LogP contribution in [-0.4, -0.2) is 5.16 Å². The van der Waals surface area contributed by atoms with Crippen molar-refractivity contribution in [1.82, 2.24) is 0 Å². The van der Waals surface area contributed by atoms with E-state index in [1.54, 1.807) is 13.0 Å². The van der Waals surface area contributed by atoms with Gasteiger partial charge in [-0.3, -0.25) is 0 Å². The van der Waals surface area contributed by atoms with Gasteiger partial charge in [0.1, 0.15) is 11.5 Å². The molecule has 0 spiro atoms. The average molecular weight is 246 g/mol. The van der Waals surface area contributed by atoms with Crippen molar-refractivity contribution in [3.05, 3.63) is 28.0 Å². The molecule has 12 heavy (non-hydrogen) atoms. The van der Waals surface area contributed by atoms with Gasteiger partial charge in [-0.25, -0.2) is 4.39 Å². The average Bonchev–Trinajstić information content (AvgIpc) is 2.01. The molecule has 0 aliphatic rings. The molecule has 0 unspecified atom stereocenters. The van der Waals surface area contributed by atoms with E-state index in [1.807, 2.05) is 0 Å². The first-order chi connectivity index (χ1) is 5.65. The van der Waals surface area contributed by atoms with E-state index in [1.165, 1.54) is 6.07 Å². The van der Waals surface area contributed by atoms with Crippen LogP contribution in [0.2, 0.25) is 0 Å². The monoisotopic (exact) mass is 245 g/mol. The summed E-state index contributed by atoms with van der Waals surface area (Å²) in [5.41, 5.74) is 1.04. The van der Waals surface area contributed by atoms with E-state index in [9.17, 15) is 4.39 Å². The maximum atomic E-state index is 13.0. The van der Waals surface area contributed by atoms with Crippen LogP contribution in [0, 0.1) is 12.7 Å². The SMILES string of the molecule is Cc1cc(F)c(N=C=S)cc1Br. The molecule has 0 aromatic heterocycles. The number of rotatable bonds is 1. The molecule has 0 N–H and O–H groups in total. The number of aryl methyl sites for hydroxylation is 1. The van der Waals surface area contributed by atoms with E-state index in [0.29, 0.717) is 0 Å². The lowest BCUT2D eigenvalue weighted by Crippen LogP contribution is -1.80. The van der Waals surface area contributed by atoms with E-state index in [0.717, 1.165) is 10.0 Å². The predicted octanol–water partition coefficient (Wildman–Crippen LogP) is 3.63. The van der Waals surface area contributed by atoms with Crippen molar-refractivity contribution in [2.45, 2.75) is 6.92 Å². The van der Waals surface area contributed by atoms with Crippen molar-refractivity contribution < 1.29 is 4.39 Å². The standard InChI is InChI=1S/C8H5BrFNS/c1-5-2-7(10)8(11-4-12)3-6(5)9/h2-3H,1H3. The fourth-order valence-corrected chi connectivity index (χ4v) is 1.20. The summed E-state index contributed by atoms with van der Waals surface area (Å²) in [5, 5.41) is 2.12. The molecule has 0 radical (unpaired) electrons. The van der Waals surface area contributed by atoms with Gasteiger partial charge in [0.05, 0.1) is 5.16 Å². The number of benzene rings is 1. The van der Waals surface area contributed by atoms with Gasteiger partial charge in [0, 0.05) is 4.47 Å². The molecule has 0 fully saturated rings. The van der Waals surface area contributed by atoms with Crippen LogP contribution < -0.4 is 0 Å². The van der Waals surface area contributed by atoms with Crippen molar-refractivity contribution in [3.63, 3.8) is 0 Å². The van der Waals surface area contributed by atoms with E-state index >= 15 is 0 Å². The Kier molecular flexibility index (Phi) is 3.09. The zero-order chi connectivity index (χ0) is 9.14. The molecule has 0 bridgehead atoms. The highest BCUT2D eigenvalue weighted by Gasteiger charge is 2.03. The first-order valence-corrected chi connectivity index (χ1v) is 4.39. The first kappa shape index (κ1) is 9.52. The Balaban J connectivity index is 3.32. The Hall–Kier alpha value is -0.570. The van der Waals surface area contributed by atoms with Crippen molar-refractivity contribution in [3.8, 4) is 0 Å². The highest BCUT2D eigenvalue weighted by Crippen LogP contribution is 2.25. The van der Waals surface area contributed by atoms with Gasteiger partial charge in [0.2, 0.25) is 0 Å². The lowest BCUT2D eigenvalue weighted by atomic mass is 10.2. The van der Waals surface area contributed by atoms with Crippen molar-refractivity contribution in [1.29, 1.82) is 0 Å². The number of isothiocyanates is 1. The van der Waals surface area contributed by atoms with Crippen LogP contribution in [0.4, 0.5) is 10.1 Å². The molecular weight excluding hydrogens is 241 g/mol. The van der Waals surface area contributed by atoms with E-state index < -0.39 is 0 Å². The largest absolute Gasteiger partial charge is 0.205 e. The summed E-state index contributed by atoms with van der Waals surface area (Å²) in [6, 6.07) is 2.97. The zero-order valence-corrected chi connectivity index (χ0v) is 8.67. The quantitative estimate of drug-likeness (QED) is 0.544. The van der Waals surface area contributed by atoms with Gasteiger partial charge in [0.15, 0.2) is 0 Å². The topological polar surface area (TPSA) is 12.4 Å². The molecule has 0 heterocycles. The number of hydrogen-bond donors (Lipinski definition) is 0. The molecule has 62 valence electrons. The second-order valence-corrected chi connectivity index (χ2v) is 3.29.